The van der Waals surface area contributed by atoms with E-state index in [1.807, 2.05) is 13.8 Å². The molecule has 0 radical (unpaired) electrons. The normalized spacial score (nSPS) is 11.1. The summed E-state index contributed by atoms with van der Waals surface area (Å²) in [5.41, 5.74) is 0.857. The third-order valence-electron chi connectivity index (χ3n) is 4.56. The summed E-state index contributed by atoms with van der Waals surface area (Å²) in [6, 6.07) is 12.0. The minimum atomic E-state index is -0.568. The fourth-order valence-corrected chi connectivity index (χ4v) is 3.91. The predicted octanol–water partition coefficient (Wildman–Crippen LogP) is 5.17. The van der Waals surface area contributed by atoms with E-state index in [0.717, 1.165) is 0 Å². The van der Waals surface area contributed by atoms with Crippen LogP contribution in [0, 0.1) is 5.82 Å². The molecule has 0 aliphatic heterocycles. The average Bonchev–Trinajstić information content (AvgIpc) is 3.35. The van der Waals surface area contributed by atoms with Gasteiger partial charge in [-0.25, -0.2) is 9.37 Å². The predicted molar refractivity (Wildman–Crippen MR) is 116 cm³/mol. The van der Waals surface area contributed by atoms with Crippen LogP contribution in [-0.4, -0.2) is 31.7 Å². The number of carbonyl (C=O) groups is 1. The van der Waals surface area contributed by atoms with Gasteiger partial charge in [0.15, 0.2) is 16.7 Å². The van der Waals surface area contributed by atoms with Crippen LogP contribution in [0.1, 0.15) is 29.8 Å². The molecular formula is C23H19FN2O4S. The second-order valence-electron chi connectivity index (χ2n) is 7.07. The van der Waals surface area contributed by atoms with Crippen molar-refractivity contribution in [2.75, 3.05) is 0 Å². The zero-order valence-electron chi connectivity index (χ0n) is 16.7. The van der Waals surface area contributed by atoms with Crippen LogP contribution >= 0.6 is 11.3 Å². The summed E-state index contributed by atoms with van der Waals surface area (Å²) >= 11 is 1.22. The molecule has 2 heterocycles. The smallest absolute Gasteiger partial charge is 0.242 e. The van der Waals surface area contributed by atoms with Crippen molar-refractivity contribution in [3.05, 3.63) is 77.1 Å². The number of benzene rings is 2. The molecule has 0 saturated carbocycles. The summed E-state index contributed by atoms with van der Waals surface area (Å²) in [5.74, 6) is -1.42. The molecular weight excluding hydrogens is 419 g/mol. The summed E-state index contributed by atoms with van der Waals surface area (Å²) in [5, 5.41) is 23.4. The van der Waals surface area contributed by atoms with Crippen LogP contribution in [0.25, 0.3) is 16.4 Å². The molecule has 0 spiro atoms. The van der Waals surface area contributed by atoms with Gasteiger partial charge < -0.3 is 14.9 Å². The van der Waals surface area contributed by atoms with Crippen molar-refractivity contribution >= 4 is 17.1 Å². The molecule has 158 valence electrons. The van der Waals surface area contributed by atoms with Gasteiger partial charge in [0.2, 0.25) is 5.88 Å². The van der Waals surface area contributed by atoms with Crippen LogP contribution in [0.5, 0.6) is 17.4 Å². The molecule has 8 heteroatoms. The van der Waals surface area contributed by atoms with Crippen molar-refractivity contribution in [1.29, 1.82) is 0 Å². The molecule has 0 bridgehead atoms. The van der Waals surface area contributed by atoms with E-state index in [1.54, 1.807) is 35.8 Å². The maximum atomic E-state index is 13.5. The fraction of sp³-hybridized carbons (Fsp3) is 0.130. The van der Waals surface area contributed by atoms with Crippen LogP contribution in [0.3, 0.4) is 0 Å². The van der Waals surface area contributed by atoms with Crippen molar-refractivity contribution in [1.82, 2.24) is 9.55 Å². The Hall–Kier alpha value is -3.65. The monoisotopic (exact) mass is 438 g/mol. The van der Waals surface area contributed by atoms with Gasteiger partial charge in [-0.05, 0) is 67.9 Å². The molecule has 6 nitrogen and oxygen atoms in total. The standard InChI is InChI=1S/C23H19FN2O4S/c1-13(2)30-17-9-5-15(6-10-17)20(27)18-19(14-3-7-16(24)8-4-14)26(22(29)21(18)28)23-25-11-12-31-23/h3-13,28-29H,1-2H3. The highest BCUT2D eigenvalue weighted by atomic mass is 32.1. The van der Waals surface area contributed by atoms with Crippen molar-refractivity contribution in [2.24, 2.45) is 0 Å². The molecule has 4 rings (SSSR count). The van der Waals surface area contributed by atoms with Gasteiger partial charge in [0.05, 0.1) is 17.4 Å². The molecule has 0 atom stereocenters. The lowest BCUT2D eigenvalue weighted by Gasteiger charge is -2.11. The maximum Gasteiger partial charge on any atom is 0.242 e. The van der Waals surface area contributed by atoms with Gasteiger partial charge in [-0.1, -0.05) is 0 Å². The first kappa shape index (κ1) is 20.6. The minimum Gasteiger partial charge on any atom is -0.503 e. The highest BCUT2D eigenvalue weighted by Crippen LogP contribution is 2.44. The highest BCUT2D eigenvalue weighted by molar-refractivity contribution is 7.12. The second-order valence-corrected chi connectivity index (χ2v) is 7.95. The van der Waals surface area contributed by atoms with Crippen molar-refractivity contribution in [3.8, 4) is 33.8 Å². The summed E-state index contributed by atoms with van der Waals surface area (Å²) in [4.78, 5) is 17.6. The van der Waals surface area contributed by atoms with Crippen molar-refractivity contribution < 1.29 is 24.1 Å². The number of hydrogen-bond donors (Lipinski definition) is 2. The Morgan fingerprint density at radius 1 is 1.10 bits per heavy atom. The molecule has 0 amide bonds. The third-order valence-corrected chi connectivity index (χ3v) is 5.32. The van der Waals surface area contributed by atoms with Gasteiger partial charge >= 0.3 is 0 Å². The Balaban J connectivity index is 1.88. The van der Waals surface area contributed by atoms with E-state index in [4.69, 9.17) is 4.74 Å². The van der Waals surface area contributed by atoms with E-state index < -0.39 is 23.2 Å². The van der Waals surface area contributed by atoms with E-state index in [1.165, 1.54) is 40.2 Å². The number of rotatable bonds is 6. The lowest BCUT2D eigenvalue weighted by Crippen LogP contribution is -2.07. The molecule has 31 heavy (non-hydrogen) atoms. The number of ether oxygens (including phenoxy) is 1. The largest absolute Gasteiger partial charge is 0.503 e. The summed E-state index contributed by atoms with van der Waals surface area (Å²) < 4.78 is 20.4. The zero-order chi connectivity index (χ0) is 22.1. The SMILES string of the molecule is CC(C)Oc1ccc(C(=O)c2c(O)c(O)n(-c3nccs3)c2-c2ccc(F)cc2)cc1. The minimum absolute atomic E-state index is 0.0139. The molecule has 4 aromatic rings. The molecule has 0 aliphatic rings. The molecule has 0 aliphatic carbocycles. The number of halogens is 1. The van der Waals surface area contributed by atoms with Crippen LogP contribution in [0.2, 0.25) is 0 Å². The number of hydrogen-bond acceptors (Lipinski definition) is 6. The van der Waals surface area contributed by atoms with Gasteiger partial charge in [0.25, 0.3) is 0 Å². The first-order valence-corrected chi connectivity index (χ1v) is 10.4. The average molecular weight is 438 g/mol. The molecule has 0 unspecified atom stereocenters. The van der Waals surface area contributed by atoms with Crippen molar-refractivity contribution in [2.45, 2.75) is 20.0 Å². The number of aromatic hydroxyl groups is 2. The first-order chi connectivity index (χ1) is 14.9. The molecule has 2 aromatic carbocycles. The topological polar surface area (TPSA) is 84.6 Å². The van der Waals surface area contributed by atoms with Gasteiger partial charge in [-0.3, -0.25) is 9.36 Å². The lowest BCUT2D eigenvalue weighted by molar-refractivity contribution is 0.103. The molecule has 2 N–H and O–H groups in total. The lowest BCUT2D eigenvalue weighted by atomic mass is 9.99. The highest BCUT2D eigenvalue weighted by Gasteiger charge is 2.30. The summed E-state index contributed by atoms with van der Waals surface area (Å²) in [6.45, 7) is 3.80. The number of ketones is 1. The maximum absolute atomic E-state index is 13.5. The van der Waals surface area contributed by atoms with Crippen LogP contribution in [0.15, 0.2) is 60.1 Å². The third kappa shape index (κ3) is 3.89. The van der Waals surface area contributed by atoms with E-state index >= 15 is 0 Å². The zero-order valence-corrected chi connectivity index (χ0v) is 17.6. The Kier molecular flexibility index (Phi) is 5.48. The molecule has 0 fully saturated rings. The number of aromatic nitrogens is 2. The van der Waals surface area contributed by atoms with Crippen LogP contribution in [0.4, 0.5) is 4.39 Å². The quantitative estimate of drug-likeness (QED) is 0.406. The van der Waals surface area contributed by atoms with Crippen LogP contribution < -0.4 is 4.74 Å². The van der Waals surface area contributed by atoms with Gasteiger partial charge in [-0.2, -0.15) is 0 Å². The summed E-state index contributed by atoms with van der Waals surface area (Å²) in [7, 11) is 0. The molecule has 2 aromatic heterocycles. The van der Waals surface area contributed by atoms with Crippen molar-refractivity contribution in [3.63, 3.8) is 0 Å². The molecule has 0 saturated heterocycles. The van der Waals surface area contributed by atoms with Gasteiger partial charge in [0, 0.05) is 17.1 Å². The van der Waals surface area contributed by atoms with E-state index in [-0.39, 0.29) is 17.4 Å². The number of thiazole rings is 1. The summed E-state index contributed by atoms with van der Waals surface area (Å²) in [6.07, 6.45) is 1.53. The first-order valence-electron chi connectivity index (χ1n) is 9.50. The fourth-order valence-electron chi connectivity index (χ4n) is 3.26. The van der Waals surface area contributed by atoms with E-state index in [9.17, 15) is 19.4 Å². The number of carbonyl (C=O) groups excluding carboxylic acids is 1. The Labute approximate surface area is 181 Å². The van der Waals surface area contributed by atoms with E-state index in [0.29, 0.717) is 22.0 Å². The Bertz CT molecular complexity index is 1210. The van der Waals surface area contributed by atoms with Gasteiger partial charge in [-0.15, -0.1) is 11.3 Å². The number of nitrogens with zero attached hydrogens (tertiary/aromatic N) is 2. The Morgan fingerprint density at radius 2 is 1.77 bits per heavy atom. The Morgan fingerprint density at radius 3 is 2.35 bits per heavy atom. The second kappa shape index (κ2) is 8.23. The van der Waals surface area contributed by atoms with Gasteiger partial charge in [0.1, 0.15) is 11.6 Å². The van der Waals surface area contributed by atoms with Crippen LogP contribution in [-0.2, 0) is 0 Å². The van der Waals surface area contributed by atoms with E-state index in [2.05, 4.69) is 4.98 Å².